The summed E-state index contributed by atoms with van der Waals surface area (Å²) in [6.45, 7) is 4.53. The van der Waals surface area contributed by atoms with Crippen molar-refractivity contribution in [3.8, 4) is 11.1 Å². The van der Waals surface area contributed by atoms with Gasteiger partial charge < -0.3 is 0 Å². The van der Waals surface area contributed by atoms with Crippen LogP contribution in [0.3, 0.4) is 0 Å². The zero-order valence-corrected chi connectivity index (χ0v) is 16.2. The summed E-state index contributed by atoms with van der Waals surface area (Å²) in [7, 11) is 0. The average molecular weight is 341 g/mol. The lowest BCUT2D eigenvalue weighted by molar-refractivity contribution is 0.706. The molecule has 0 saturated heterocycles. The van der Waals surface area contributed by atoms with Crippen LogP contribution >= 0.6 is 11.8 Å². The van der Waals surface area contributed by atoms with Gasteiger partial charge in [-0.25, -0.2) is 0 Å². The van der Waals surface area contributed by atoms with E-state index in [1.165, 1.54) is 78.7 Å². The number of benzene rings is 2. The molecule has 0 aliphatic heterocycles. The van der Waals surface area contributed by atoms with Crippen LogP contribution in [-0.2, 0) is 6.42 Å². The number of rotatable bonds is 11. The van der Waals surface area contributed by atoms with E-state index >= 15 is 0 Å². The van der Waals surface area contributed by atoms with Crippen molar-refractivity contribution in [2.75, 3.05) is 5.75 Å². The molecular formula is C23H32S. The van der Waals surface area contributed by atoms with Crippen molar-refractivity contribution in [1.82, 2.24) is 0 Å². The summed E-state index contributed by atoms with van der Waals surface area (Å²) in [6, 6.07) is 18.2. The summed E-state index contributed by atoms with van der Waals surface area (Å²) in [6.07, 6.45) is 10.5. The van der Waals surface area contributed by atoms with E-state index in [2.05, 4.69) is 62.4 Å². The maximum absolute atomic E-state index is 2.29. The SMILES string of the molecule is CCCCCCSc1ccc(-c2ccc(CCCCC)cc2)cc1. The Bertz CT molecular complexity index is 554. The molecule has 2 rings (SSSR count). The zero-order valence-electron chi connectivity index (χ0n) is 15.4. The molecule has 2 aromatic rings. The molecule has 0 bridgehead atoms. The van der Waals surface area contributed by atoms with Gasteiger partial charge in [0.05, 0.1) is 0 Å². The summed E-state index contributed by atoms with van der Waals surface area (Å²) in [5, 5.41) is 0. The van der Waals surface area contributed by atoms with E-state index in [-0.39, 0.29) is 0 Å². The molecule has 0 atom stereocenters. The van der Waals surface area contributed by atoms with Gasteiger partial charge in [-0.3, -0.25) is 0 Å². The van der Waals surface area contributed by atoms with E-state index in [0.29, 0.717) is 0 Å². The summed E-state index contributed by atoms with van der Waals surface area (Å²) < 4.78 is 0. The van der Waals surface area contributed by atoms with E-state index in [0.717, 1.165) is 0 Å². The second-order valence-corrected chi connectivity index (χ2v) is 7.76. The molecule has 0 unspecified atom stereocenters. The van der Waals surface area contributed by atoms with Gasteiger partial charge in [-0.15, -0.1) is 11.8 Å². The Morgan fingerprint density at radius 1 is 0.625 bits per heavy atom. The minimum atomic E-state index is 1.21. The fourth-order valence-electron chi connectivity index (χ4n) is 2.91. The second-order valence-electron chi connectivity index (χ2n) is 6.59. The number of thioether (sulfide) groups is 1. The van der Waals surface area contributed by atoms with Crippen LogP contribution in [0.15, 0.2) is 53.4 Å². The van der Waals surface area contributed by atoms with E-state index < -0.39 is 0 Å². The molecule has 24 heavy (non-hydrogen) atoms. The van der Waals surface area contributed by atoms with Crippen LogP contribution < -0.4 is 0 Å². The fraction of sp³-hybridized carbons (Fsp3) is 0.478. The van der Waals surface area contributed by atoms with E-state index in [4.69, 9.17) is 0 Å². The third-order valence-electron chi connectivity index (χ3n) is 4.48. The first-order chi connectivity index (χ1) is 11.8. The largest absolute Gasteiger partial charge is 0.126 e. The molecule has 0 fully saturated rings. The van der Waals surface area contributed by atoms with Gasteiger partial charge in [0, 0.05) is 4.90 Å². The summed E-state index contributed by atoms with van der Waals surface area (Å²) >= 11 is 1.99. The molecule has 0 amide bonds. The van der Waals surface area contributed by atoms with Gasteiger partial charge in [-0.1, -0.05) is 82.3 Å². The molecular weight excluding hydrogens is 308 g/mol. The Morgan fingerprint density at radius 2 is 1.21 bits per heavy atom. The molecule has 2 aromatic carbocycles. The summed E-state index contributed by atoms with van der Waals surface area (Å²) in [5.74, 6) is 1.24. The molecule has 0 saturated carbocycles. The van der Waals surface area contributed by atoms with Crippen LogP contribution in [0.4, 0.5) is 0 Å². The highest BCUT2D eigenvalue weighted by Gasteiger charge is 2.00. The lowest BCUT2D eigenvalue weighted by Crippen LogP contribution is -1.86. The molecule has 0 aliphatic rings. The van der Waals surface area contributed by atoms with Crippen molar-refractivity contribution in [1.29, 1.82) is 0 Å². The monoisotopic (exact) mass is 340 g/mol. The Balaban J connectivity index is 1.83. The first-order valence-electron chi connectivity index (χ1n) is 9.65. The average Bonchev–Trinajstić information content (AvgIpc) is 2.63. The quantitative estimate of drug-likeness (QED) is 0.297. The van der Waals surface area contributed by atoms with Crippen molar-refractivity contribution < 1.29 is 0 Å². The second kappa shape index (κ2) is 11.4. The molecule has 0 aliphatic carbocycles. The molecule has 0 heterocycles. The fourth-order valence-corrected chi connectivity index (χ4v) is 3.82. The maximum Gasteiger partial charge on any atom is 0.00723 e. The van der Waals surface area contributed by atoms with Crippen molar-refractivity contribution in [2.24, 2.45) is 0 Å². The Kier molecular flexibility index (Phi) is 9.05. The van der Waals surface area contributed by atoms with Crippen molar-refractivity contribution in [2.45, 2.75) is 70.1 Å². The number of aryl methyl sites for hydroxylation is 1. The Morgan fingerprint density at radius 3 is 1.83 bits per heavy atom. The minimum absolute atomic E-state index is 1.21. The van der Waals surface area contributed by atoms with Crippen LogP contribution in [0.5, 0.6) is 0 Å². The smallest absolute Gasteiger partial charge is 0.00723 e. The molecule has 1 heteroatoms. The van der Waals surface area contributed by atoms with Crippen molar-refractivity contribution in [3.63, 3.8) is 0 Å². The predicted octanol–water partition coefficient (Wildman–Crippen LogP) is 7.76. The summed E-state index contributed by atoms with van der Waals surface area (Å²) in [4.78, 5) is 1.39. The maximum atomic E-state index is 2.29. The highest BCUT2D eigenvalue weighted by molar-refractivity contribution is 7.99. The van der Waals surface area contributed by atoms with Gasteiger partial charge in [0.25, 0.3) is 0 Å². The molecule has 0 nitrogen and oxygen atoms in total. The minimum Gasteiger partial charge on any atom is -0.126 e. The van der Waals surface area contributed by atoms with Gasteiger partial charge in [-0.05, 0) is 53.8 Å². The molecule has 0 N–H and O–H groups in total. The van der Waals surface area contributed by atoms with E-state index in [1.54, 1.807) is 0 Å². The van der Waals surface area contributed by atoms with Crippen molar-refractivity contribution in [3.05, 3.63) is 54.1 Å². The van der Waals surface area contributed by atoms with Crippen molar-refractivity contribution >= 4 is 11.8 Å². The number of hydrogen-bond donors (Lipinski definition) is 0. The first kappa shape index (κ1) is 19.1. The third-order valence-corrected chi connectivity index (χ3v) is 5.58. The standard InChI is InChI=1S/C23H32S/c1-3-5-7-9-19-24-23-17-15-22(16-18-23)21-13-11-20(12-14-21)10-8-6-4-2/h11-18H,3-10,19H2,1-2H3. The van der Waals surface area contributed by atoms with Gasteiger partial charge in [0.2, 0.25) is 0 Å². The van der Waals surface area contributed by atoms with Crippen LogP contribution in [0, 0.1) is 0 Å². The summed E-state index contributed by atoms with van der Waals surface area (Å²) in [5.41, 5.74) is 4.12. The normalized spacial score (nSPS) is 10.9. The predicted molar refractivity (Wildman–Crippen MR) is 110 cm³/mol. The first-order valence-corrected chi connectivity index (χ1v) is 10.6. The third kappa shape index (κ3) is 6.73. The highest BCUT2D eigenvalue weighted by Crippen LogP contribution is 2.25. The Labute approximate surface area is 153 Å². The molecule has 130 valence electrons. The lowest BCUT2D eigenvalue weighted by atomic mass is 10.0. The Hall–Kier alpha value is -1.21. The van der Waals surface area contributed by atoms with Gasteiger partial charge in [-0.2, -0.15) is 0 Å². The van der Waals surface area contributed by atoms with Gasteiger partial charge >= 0.3 is 0 Å². The van der Waals surface area contributed by atoms with Crippen LogP contribution in [-0.4, -0.2) is 5.75 Å². The topological polar surface area (TPSA) is 0 Å². The van der Waals surface area contributed by atoms with Crippen LogP contribution in [0.25, 0.3) is 11.1 Å². The molecule has 0 aromatic heterocycles. The zero-order chi connectivity index (χ0) is 17.0. The highest BCUT2D eigenvalue weighted by atomic mass is 32.2. The van der Waals surface area contributed by atoms with Gasteiger partial charge in [0.1, 0.15) is 0 Å². The molecule has 0 radical (unpaired) electrons. The van der Waals surface area contributed by atoms with Crippen LogP contribution in [0.1, 0.15) is 64.4 Å². The number of unbranched alkanes of at least 4 members (excludes halogenated alkanes) is 5. The lowest BCUT2D eigenvalue weighted by Gasteiger charge is -2.06. The van der Waals surface area contributed by atoms with E-state index in [1.807, 2.05) is 11.8 Å². The number of hydrogen-bond acceptors (Lipinski definition) is 1. The van der Waals surface area contributed by atoms with Crippen LogP contribution in [0.2, 0.25) is 0 Å². The van der Waals surface area contributed by atoms with Gasteiger partial charge in [0.15, 0.2) is 0 Å². The van der Waals surface area contributed by atoms with E-state index in [9.17, 15) is 0 Å². The molecule has 0 spiro atoms.